The number of rotatable bonds is 13. The monoisotopic (exact) mass is 668 g/mol. The Hall–Kier alpha value is -3.32. The van der Waals surface area contributed by atoms with E-state index in [1.807, 2.05) is 19.9 Å². The van der Waals surface area contributed by atoms with Crippen molar-refractivity contribution in [1.29, 1.82) is 0 Å². The van der Waals surface area contributed by atoms with Crippen LogP contribution in [0.15, 0.2) is 49.5 Å². The number of hydrogen-bond donors (Lipinski definition) is 1. The molecule has 39 heavy (non-hydrogen) atoms. The molecule has 210 valence electrons. The number of carbonyl (C=O) groups excluding carboxylic acids is 4. The number of methoxy groups -OCH3 is 1. The molecule has 0 aliphatic heterocycles. The minimum atomic E-state index is -0.711. The van der Waals surface area contributed by atoms with Gasteiger partial charge in [0.25, 0.3) is 0 Å². The zero-order valence-corrected chi connectivity index (χ0v) is 25.3. The molecule has 0 radical (unpaired) electrons. The predicted octanol–water partition coefficient (Wildman–Crippen LogP) is 6.08. The molecule has 0 atom stereocenters. The van der Waals surface area contributed by atoms with E-state index in [4.69, 9.17) is 9.47 Å². The Morgan fingerprint density at radius 3 is 2.15 bits per heavy atom. The third-order valence-electron chi connectivity index (χ3n) is 5.30. The Labute approximate surface area is 243 Å². The number of nitrogens with one attached hydrogen (secondary N) is 1. The highest BCUT2D eigenvalue weighted by molar-refractivity contribution is 9.11. The van der Waals surface area contributed by atoms with E-state index in [2.05, 4.69) is 57.0 Å². The summed E-state index contributed by atoms with van der Waals surface area (Å²) >= 11 is 6.78. The summed E-state index contributed by atoms with van der Waals surface area (Å²) in [6.07, 6.45) is -0.104. The maximum atomic E-state index is 12.5. The van der Waals surface area contributed by atoms with Crippen LogP contribution in [-0.4, -0.2) is 57.2 Å². The van der Waals surface area contributed by atoms with Gasteiger partial charge < -0.3 is 24.4 Å². The van der Waals surface area contributed by atoms with E-state index in [1.54, 1.807) is 19.1 Å². The summed E-state index contributed by atoms with van der Waals surface area (Å²) in [6.45, 7) is 6.92. The molecule has 0 aromatic heterocycles. The van der Waals surface area contributed by atoms with Gasteiger partial charge >= 0.3 is 17.9 Å². The fraction of sp³-hybridized carbons (Fsp3) is 0.385. The van der Waals surface area contributed by atoms with Gasteiger partial charge in [-0.1, -0.05) is 0 Å². The van der Waals surface area contributed by atoms with Crippen molar-refractivity contribution in [2.24, 2.45) is 10.2 Å². The van der Waals surface area contributed by atoms with Gasteiger partial charge in [0.15, 0.2) is 6.61 Å². The molecule has 13 heteroatoms. The third-order valence-corrected chi connectivity index (χ3v) is 6.51. The van der Waals surface area contributed by atoms with Crippen molar-refractivity contribution in [3.8, 4) is 0 Å². The average molecular weight is 670 g/mol. The maximum absolute atomic E-state index is 12.5. The molecule has 0 saturated heterocycles. The molecule has 0 aliphatic rings. The second kappa shape index (κ2) is 15.9. The maximum Gasteiger partial charge on any atom is 0.344 e. The van der Waals surface area contributed by atoms with Gasteiger partial charge in [-0.2, -0.15) is 0 Å². The quantitative estimate of drug-likeness (QED) is 0.154. The summed E-state index contributed by atoms with van der Waals surface area (Å²) in [5.74, 6) is -2.21. The minimum absolute atomic E-state index is 0.0520. The van der Waals surface area contributed by atoms with Gasteiger partial charge in [-0.3, -0.25) is 9.59 Å². The standard InChI is InChI=1S/C26H30Br2N4O7/c1-5-32(6-2)17-8-9-20(21(14-17)29-22(33)10-11-23(34)37-4)30-31-25-18(27)12-16(13-19(25)28)26(36)39-15-24(35)38-7-3/h8-9,12-14H,5-7,10-11,15H2,1-4H3,(H,29,33). The first kappa shape index (κ1) is 31.9. The molecule has 0 bridgehead atoms. The molecule has 2 aromatic carbocycles. The number of halogens is 2. The second-order valence-electron chi connectivity index (χ2n) is 7.87. The van der Waals surface area contributed by atoms with Crippen LogP contribution in [0.1, 0.15) is 44.0 Å². The van der Waals surface area contributed by atoms with Crippen LogP contribution in [0.4, 0.5) is 22.7 Å². The zero-order valence-electron chi connectivity index (χ0n) is 22.1. The number of benzene rings is 2. The van der Waals surface area contributed by atoms with Crippen LogP contribution in [0.25, 0.3) is 0 Å². The molecule has 1 N–H and O–H groups in total. The van der Waals surface area contributed by atoms with Crippen molar-refractivity contribution in [3.63, 3.8) is 0 Å². The van der Waals surface area contributed by atoms with Crippen LogP contribution in [0.5, 0.6) is 0 Å². The first-order valence-electron chi connectivity index (χ1n) is 12.1. The zero-order chi connectivity index (χ0) is 28.9. The van der Waals surface area contributed by atoms with Gasteiger partial charge in [0.1, 0.15) is 11.4 Å². The van der Waals surface area contributed by atoms with Crippen LogP contribution in [0.3, 0.4) is 0 Å². The average Bonchev–Trinajstić information content (AvgIpc) is 2.91. The first-order chi connectivity index (χ1) is 18.6. The molecule has 0 unspecified atom stereocenters. The summed E-state index contributed by atoms with van der Waals surface area (Å²) < 4.78 is 15.2. The van der Waals surface area contributed by atoms with E-state index in [1.165, 1.54) is 19.2 Å². The highest BCUT2D eigenvalue weighted by Crippen LogP contribution is 2.38. The van der Waals surface area contributed by atoms with Crippen molar-refractivity contribution < 1.29 is 33.4 Å². The Bertz CT molecular complexity index is 1210. The van der Waals surface area contributed by atoms with Crippen LogP contribution in [-0.2, 0) is 28.6 Å². The number of nitrogens with zero attached hydrogens (tertiary/aromatic N) is 3. The number of esters is 3. The van der Waals surface area contributed by atoms with Crippen LogP contribution >= 0.6 is 31.9 Å². The topological polar surface area (TPSA) is 136 Å². The van der Waals surface area contributed by atoms with Gasteiger partial charge in [0, 0.05) is 34.1 Å². The lowest BCUT2D eigenvalue weighted by atomic mass is 10.2. The van der Waals surface area contributed by atoms with Gasteiger partial charge in [-0.15, -0.1) is 10.2 Å². The Balaban J connectivity index is 2.31. The lowest BCUT2D eigenvalue weighted by Crippen LogP contribution is -2.22. The smallest absolute Gasteiger partial charge is 0.344 e. The molecule has 0 spiro atoms. The lowest BCUT2D eigenvalue weighted by Gasteiger charge is -2.22. The van der Waals surface area contributed by atoms with E-state index in [0.717, 1.165) is 18.8 Å². The fourth-order valence-electron chi connectivity index (χ4n) is 3.32. The number of ether oxygens (including phenoxy) is 3. The molecule has 0 saturated carbocycles. The summed E-state index contributed by atoms with van der Waals surface area (Å²) in [5, 5.41) is 11.4. The predicted molar refractivity (Wildman–Crippen MR) is 153 cm³/mol. The summed E-state index contributed by atoms with van der Waals surface area (Å²) in [6, 6.07) is 8.38. The van der Waals surface area contributed by atoms with Gasteiger partial charge in [0.05, 0.1) is 31.4 Å². The van der Waals surface area contributed by atoms with Gasteiger partial charge in [-0.25, -0.2) is 9.59 Å². The molecule has 0 heterocycles. The van der Waals surface area contributed by atoms with Crippen molar-refractivity contribution in [2.45, 2.75) is 33.6 Å². The Morgan fingerprint density at radius 2 is 1.56 bits per heavy atom. The van der Waals surface area contributed by atoms with Crippen LogP contribution < -0.4 is 10.2 Å². The van der Waals surface area contributed by atoms with E-state index >= 15 is 0 Å². The largest absolute Gasteiger partial charge is 0.469 e. The third kappa shape index (κ3) is 9.74. The number of hydrogen-bond acceptors (Lipinski definition) is 10. The van der Waals surface area contributed by atoms with Crippen molar-refractivity contribution in [1.82, 2.24) is 0 Å². The molecule has 11 nitrogen and oxygen atoms in total. The van der Waals surface area contributed by atoms with E-state index in [0.29, 0.717) is 26.0 Å². The number of azo groups is 1. The van der Waals surface area contributed by atoms with Crippen molar-refractivity contribution >= 4 is 78.4 Å². The second-order valence-corrected chi connectivity index (χ2v) is 9.58. The molecule has 0 aliphatic carbocycles. The highest BCUT2D eigenvalue weighted by atomic mass is 79.9. The lowest BCUT2D eigenvalue weighted by molar-refractivity contribution is -0.146. The van der Waals surface area contributed by atoms with Crippen LogP contribution in [0.2, 0.25) is 0 Å². The highest BCUT2D eigenvalue weighted by Gasteiger charge is 2.17. The van der Waals surface area contributed by atoms with Gasteiger partial charge in [-0.05, 0) is 83.0 Å². The van der Waals surface area contributed by atoms with E-state index < -0.39 is 24.5 Å². The summed E-state index contributed by atoms with van der Waals surface area (Å²) in [7, 11) is 1.27. The Kier molecular flexibility index (Phi) is 13.0. The van der Waals surface area contributed by atoms with Crippen LogP contribution in [0, 0.1) is 0 Å². The van der Waals surface area contributed by atoms with Crippen molar-refractivity contribution in [2.75, 3.05) is 43.6 Å². The van der Waals surface area contributed by atoms with Gasteiger partial charge in [0.2, 0.25) is 5.91 Å². The number of carbonyl (C=O) groups is 4. The molecular formula is C26H30Br2N4O7. The fourth-order valence-corrected chi connectivity index (χ4v) is 4.67. The molecule has 1 amide bonds. The first-order valence-corrected chi connectivity index (χ1v) is 13.7. The Morgan fingerprint density at radius 1 is 0.897 bits per heavy atom. The minimum Gasteiger partial charge on any atom is -0.469 e. The van der Waals surface area contributed by atoms with E-state index in [-0.39, 0.29) is 30.9 Å². The number of amides is 1. The SMILES string of the molecule is CCOC(=O)COC(=O)c1cc(Br)c(N=Nc2ccc(N(CC)CC)cc2NC(=O)CCC(=O)OC)c(Br)c1. The summed E-state index contributed by atoms with van der Waals surface area (Å²) in [5.41, 5.74) is 2.25. The summed E-state index contributed by atoms with van der Waals surface area (Å²) in [4.78, 5) is 49.9. The van der Waals surface area contributed by atoms with E-state index in [9.17, 15) is 19.2 Å². The van der Waals surface area contributed by atoms with Crippen molar-refractivity contribution in [3.05, 3.63) is 44.8 Å². The molecular weight excluding hydrogens is 640 g/mol. The number of anilines is 2. The normalized spacial score (nSPS) is 10.7. The molecule has 0 fully saturated rings. The molecule has 2 rings (SSSR count). The molecule has 2 aromatic rings.